The number of amides is 1. The predicted octanol–water partition coefficient (Wildman–Crippen LogP) is -0.202. The molecule has 0 bridgehead atoms. The van der Waals surface area contributed by atoms with E-state index >= 15 is 0 Å². The molecule has 1 unspecified atom stereocenters. The van der Waals surface area contributed by atoms with Gasteiger partial charge in [-0.3, -0.25) is 9.78 Å². The first-order valence-corrected chi connectivity index (χ1v) is 4.65. The van der Waals surface area contributed by atoms with E-state index in [4.69, 9.17) is 5.73 Å². The zero-order valence-corrected chi connectivity index (χ0v) is 7.86. The van der Waals surface area contributed by atoms with E-state index in [1.165, 1.54) is 0 Å². The summed E-state index contributed by atoms with van der Waals surface area (Å²) in [5, 5.41) is 2.80. The number of rotatable bonds is 2. The van der Waals surface area contributed by atoms with Crippen molar-refractivity contribution in [2.24, 2.45) is 5.73 Å². The van der Waals surface area contributed by atoms with Gasteiger partial charge in [-0.25, -0.2) is 0 Å². The molecule has 2 heterocycles. The summed E-state index contributed by atoms with van der Waals surface area (Å²) in [6.07, 6.45) is 2.18. The molecule has 1 aliphatic heterocycles. The number of hydrogen-bond donors (Lipinski definition) is 2. The van der Waals surface area contributed by atoms with Gasteiger partial charge in [0.05, 0.1) is 11.1 Å². The van der Waals surface area contributed by atoms with Gasteiger partial charge in [0.15, 0.2) is 0 Å². The summed E-state index contributed by atoms with van der Waals surface area (Å²) in [6.45, 7) is 1.04. The van der Waals surface area contributed by atoms with Gasteiger partial charge in [0.1, 0.15) is 0 Å². The summed E-state index contributed by atoms with van der Waals surface area (Å²) in [7, 11) is 0. The molecule has 1 atom stereocenters. The number of aromatic nitrogens is 1. The lowest BCUT2D eigenvalue weighted by Crippen LogP contribution is -2.37. The molecule has 2 rings (SSSR count). The molecule has 0 radical (unpaired) electrons. The van der Waals surface area contributed by atoms with E-state index in [1.54, 1.807) is 6.20 Å². The van der Waals surface area contributed by atoms with E-state index in [2.05, 4.69) is 10.3 Å². The molecule has 1 aromatic rings. The number of nitrogens with zero attached hydrogens (tertiary/aromatic N) is 1. The number of nitrogens with two attached hydrogens (primary N) is 1. The minimum atomic E-state index is -0.293. The van der Waals surface area contributed by atoms with Crippen molar-refractivity contribution in [3.05, 3.63) is 30.1 Å². The molecule has 0 aliphatic carbocycles. The van der Waals surface area contributed by atoms with Gasteiger partial charge in [0, 0.05) is 25.7 Å². The summed E-state index contributed by atoms with van der Waals surface area (Å²) in [6, 6.07) is 5.70. The fraction of sp³-hybridized carbons (Fsp3) is 0.400. The number of carbonyl (C=O) groups excluding carboxylic acids is 1. The lowest BCUT2D eigenvalue weighted by atomic mass is 9.83. The average Bonchev–Trinajstić information content (AvgIpc) is 2.63. The van der Waals surface area contributed by atoms with E-state index in [1.807, 2.05) is 18.2 Å². The molecule has 1 saturated heterocycles. The van der Waals surface area contributed by atoms with Crippen LogP contribution in [-0.4, -0.2) is 24.0 Å². The topological polar surface area (TPSA) is 68.0 Å². The van der Waals surface area contributed by atoms with Gasteiger partial charge < -0.3 is 11.1 Å². The van der Waals surface area contributed by atoms with Crippen LogP contribution in [0.1, 0.15) is 12.1 Å². The van der Waals surface area contributed by atoms with Crippen LogP contribution in [0.2, 0.25) is 0 Å². The van der Waals surface area contributed by atoms with Crippen molar-refractivity contribution in [1.29, 1.82) is 0 Å². The Morgan fingerprint density at radius 2 is 2.43 bits per heavy atom. The Morgan fingerprint density at radius 3 is 2.93 bits per heavy atom. The first kappa shape index (κ1) is 9.15. The smallest absolute Gasteiger partial charge is 0.221 e. The molecule has 4 heteroatoms. The van der Waals surface area contributed by atoms with Gasteiger partial charge in [-0.1, -0.05) is 6.07 Å². The molecule has 3 N–H and O–H groups in total. The lowest BCUT2D eigenvalue weighted by Gasteiger charge is -2.23. The Kier molecular flexibility index (Phi) is 2.21. The Bertz CT molecular complexity index is 338. The number of hydrogen-bond acceptors (Lipinski definition) is 3. The second-order valence-corrected chi connectivity index (χ2v) is 3.65. The third-order valence-corrected chi connectivity index (χ3v) is 2.72. The standard InChI is InChI=1S/C10H13N3O/c11-6-10(5-9(14)13-7-10)8-3-1-2-4-12-8/h1-4H,5-7,11H2,(H,13,14). The first-order valence-electron chi connectivity index (χ1n) is 4.65. The molecule has 0 saturated carbocycles. The summed E-state index contributed by atoms with van der Waals surface area (Å²) in [5.74, 6) is 0.0566. The Hall–Kier alpha value is -1.42. The largest absolute Gasteiger partial charge is 0.355 e. The Labute approximate surface area is 82.5 Å². The normalized spacial score (nSPS) is 26.2. The third kappa shape index (κ3) is 1.37. The van der Waals surface area contributed by atoms with Gasteiger partial charge >= 0.3 is 0 Å². The molecule has 0 spiro atoms. The number of pyridine rings is 1. The van der Waals surface area contributed by atoms with E-state index in [9.17, 15) is 4.79 Å². The van der Waals surface area contributed by atoms with Gasteiger partial charge in [-0.05, 0) is 12.1 Å². The van der Waals surface area contributed by atoms with Crippen LogP contribution in [0.25, 0.3) is 0 Å². The summed E-state index contributed by atoms with van der Waals surface area (Å²) in [4.78, 5) is 15.5. The minimum Gasteiger partial charge on any atom is -0.355 e. The molecule has 1 aliphatic rings. The van der Waals surface area contributed by atoms with Gasteiger partial charge in [-0.15, -0.1) is 0 Å². The van der Waals surface area contributed by atoms with Crippen LogP contribution in [0, 0.1) is 0 Å². The highest BCUT2D eigenvalue weighted by Gasteiger charge is 2.39. The SMILES string of the molecule is NCC1(c2ccccn2)CNC(=O)C1. The minimum absolute atomic E-state index is 0.0566. The maximum Gasteiger partial charge on any atom is 0.221 e. The maximum absolute atomic E-state index is 11.2. The van der Waals surface area contributed by atoms with Crippen molar-refractivity contribution in [3.8, 4) is 0 Å². The third-order valence-electron chi connectivity index (χ3n) is 2.72. The lowest BCUT2D eigenvalue weighted by molar-refractivity contribution is -0.119. The second kappa shape index (κ2) is 3.38. The monoisotopic (exact) mass is 191 g/mol. The van der Waals surface area contributed by atoms with Crippen molar-refractivity contribution in [1.82, 2.24) is 10.3 Å². The van der Waals surface area contributed by atoms with Gasteiger partial charge in [-0.2, -0.15) is 0 Å². The van der Waals surface area contributed by atoms with Crippen molar-refractivity contribution in [2.75, 3.05) is 13.1 Å². The molecule has 74 valence electrons. The quantitative estimate of drug-likeness (QED) is 0.680. The van der Waals surface area contributed by atoms with Crippen molar-refractivity contribution < 1.29 is 4.79 Å². The van der Waals surface area contributed by atoms with Crippen molar-refractivity contribution in [2.45, 2.75) is 11.8 Å². The van der Waals surface area contributed by atoms with E-state index in [0.717, 1.165) is 5.69 Å². The molecule has 1 amide bonds. The fourth-order valence-corrected chi connectivity index (χ4v) is 1.81. The highest BCUT2D eigenvalue weighted by Crippen LogP contribution is 2.28. The highest BCUT2D eigenvalue weighted by molar-refractivity contribution is 5.80. The van der Waals surface area contributed by atoms with Crippen LogP contribution in [-0.2, 0) is 10.2 Å². The average molecular weight is 191 g/mol. The first-order chi connectivity index (χ1) is 6.77. The molecular formula is C10H13N3O. The molecule has 4 nitrogen and oxygen atoms in total. The van der Waals surface area contributed by atoms with Crippen molar-refractivity contribution in [3.63, 3.8) is 0 Å². The van der Waals surface area contributed by atoms with Gasteiger partial charge in [0.25, 0.3) is 0 Å². The van der Waals surface area contributed by atoms with Crippen LogP contribution in [0.15, 0.2) is 24.4 Å². The van der Waals surface area contributed by atoms with Crippen LogP contribution >= 0.6 is 0 Å². The maximum atomic E-state index is 11.2. The molecular weight excluding hydrogens is 178 g/mol. The predicted molar refractivity (Wildman–Crippen MR) is 52.6 cm³/mol. The Balaban J connectivity index is 2.34. The van der Waals surface area contributed by atoms with Crippen LogP contribution < -0.4 is 11.1 Å². The molecule has 0 aromatic carbocycles. The Morgan fingerprint density at radius 1 is 1.57 bits per heavy atom. The van der Waals surface area contributed by atoms with Crippen molar-refractivity contribution >= 4 is 5.91 Å². The number of carbonyl (C=O) groups is 1. The van der Waals surface area contributed by atoms with Crippen LogP contribution in [0.5, 0.6) is 0 Å². The van der Waals surface area contributed by atoms with Crippen LogP contribution in [0.3, 0.4) is 0 Å². The van der Waals surface area contributed by atoms with Crippen LogP contribution in [0.4, 0.5) is 0 Å². The van der Waals surface area contributed by atoms with E-state index in [0.29, 0.717) is 19.5 Å². The zero-order valence-electron chi connectivity index (χ0n) is 7.86. The molecule has 1 fully saturated rings. The summed E-state index contributed by atoms with van der Waals surface area (Å²) < 4.78 is 0. The zero-order chi connectivity index (χ0) is 10.0. The molecule has 1 aromatic heterocycles. The summed E-state index contributed by atoms with van der Waals surface area (Å²) >= 11 is 0. The van der Waals surface area contributed by atoms with E-state index < -0.39 is 0 Å². The van der Waals surface area contributed by atoms with Gasteiger partial charge in [0.2, 0.25) is 5.91 Å². The number of nitrogens with one attached hydrogen (secondary N) is 1. The van der Waals surface area contributed by atoms with E-state index in [-0.39, 0.29) is 11.3 Å². The fourth-order valence-electron chi connectivity index (χ4n) is 1.81. The summed E-state index contributed by atoms with van der Waals surface area (Å²) in [5.41, 5.74) is 6.34. The highest BCUT2D eigenvalue weighted by atomic mass is 16.1. The second-order valence-electron chi connectivity index (χ2n) is 3.65. The molecule has 14 heavy (non-hydrogen) atoms.